The molecular formula is C15H29N3OS. The Morgan fingerprint density at radius 1 is 1.40 bits per heavy atom. The van der Waals surface area contributed by atoms with Gasteiger partial charge in [0.1, 0.15) is 0 Å². The van der Waals surface area contributed by atoms with Gasteiger partial charge in [-0.25, -0.2) is 4.79 Å². The van der Waals surface area contributed by atoms with E-state index in [1.807, 2.05) is 11.8 Å². The van der Waals surface area contributed by atoms with Crippen LogP contribution >= 0.6 is 11.8 Å². The number of nitrogens with zero attached hydrogens (tertiary/aromatic N) is 2. The average molecular weight is 299 g/mol. The van der Waals surface area contributed by atoms with Crippen LogP contribution in [0.3, 0.4) is 0 Å². The van der Waals surface area contributed by atoms with Gasteiger partial charge in [-0.15, -0.1) is 0 Å². The normalized spacial score (nSPS) is 28.9. The van der Waals surface area contributed by atoms with Gasteiger partial charge in [-0.1, -0.05) is 0 Å². The van der Waals surface area contributed by atoms with Crippen molar-refractivity contribution >= 4 is 17.8 Å². The van der Waals surface area contributed by atoms with Crippen molar-refractivity contribution < 1.29 is 4.79 Å². The molecule has 2 fully saturated rings. The molecular weight excluding hydrogens is 270 g/mol. The van der Waals surface area contributed by atoms with Gasteiger partial charge in [0.05, 0.1) is 0 Å². The van der Waals surface area contributed by atoms with Crippen LogP contribution in [-0.2, 0) is 0 Å². The van der Waals surface area contributed by atoms with Crippen molar-refractivity contribution in [3.63, 3.8) is 0 Å². The summed E-state index contributed by atoms with van der Waals surface area (Å²) in [6.07, 6.45) is 6.73. The number of fused-ring (bicyclic) bond motifs is 1. The van der Waals surface area contributed by atoms with Gasteiger partial charge in [0.25, 0.3) is 0 Å². The molecule has 0 unspecified atom stereocenters. The Morgan fingerprint density at radius 2 is 2.20 bits per heavy atom. The minimum Gasteiger partial charge on any atom is -0.335 e. The topological polar surface area (TPSA) is 35.6 Å². The predicted octanol–water partition coefficient (Wildman–Crippen LogP) is 2.25. The first-order chi connectivity index (χ1) is 9.61. The Kier molecular flexibility index (Phi) is 6.02. The van der Waals surface area contributed by atoms with Crippen molar-refractivity contribution in [3.8, 4) is 0 Å². The SMILES string of the molecule is CSCC[C@H](C)NC(=O)N1CCC[C@H]2CN(C)CC[C@@H]21. The lowest BCUT2D eigenvalue weighted by molar-refractivity contribution is 0.0525. The van der Waals surface area contributed by atoms with Crippen LogP contribution in [0.2, 0.25) is 0 Å². The molecule has 0 spiro atoms. The van der Waals surface area contributed by atoms with Crippen LogP contribution in [0.5, 0.6) is 0 Å². The lowest BCUT2D eigenvalue weighted by Gasteiger charge is -2.46. The summed E-state index contributed by atoms with van der Waals surface area (Å²) in [5.41, 5.74) is 0. The maximum absolute atomic E-state index is 12.5. The molecule has 5 heteroatoms. The minimum atomic E-state index is 0.165. The molecule has 116 valence electrons. The molecule has 0 aromatic carbocycles. The van der Waals surface area contributed by atoms with Gasteiger partial charge in [0.15, 0.2) is 0 Å². The van der Waals surface area contributed by atoms with Crippen molar-refractivity contribution in [2.45, 2.75) is 44.7 Å². The number of nitrogens with one attached hydrogen (secondary N) is 1. The fourth-order valence-electron chi connectivity index (χ4n) is 3.50. The van der Waals surface area contributed by atoms with Gasteiger partial charge in [-0.2, -0.15) is 11.8 Å². The molecule has 0 aromatic heterocycles. The van der Waals surface area contributed by atoms with Crippen LogP contribution in [0.1, 0.15) is 32.6 Å². The van der Waals surface area contributed by atoms with Crippen LogP contribution in [0.15, 0.2) is 0 Å². The van der Waals surface area contributed by atoms with E-state index in [1.54, 1.807) is 0 Å². The van der Waals surface area contributed by atoms with E-state index in [2.05, 4.69) is 35.3 Å². The fourth-order valence-corrected chi connectivity index (χ4v) is 4.09. The average Bonchev–Trinajstić information content (AvgIpc) is 2.44. The lowest BCUT2D eigenvalue weighted by atomic mass is 9.84. The molecule has 0 bridgehead atoms. The molecule has 2 amide bonds. The quantitative estimate of drug-likeness (QED) is 0.865. The number of rotatable bonds is 4. The highest BCUT2D eigenvalue weighted by Crippen LogP contribution is 2.30. The van der Waals surface area contributed by atoms with E-state index >= 15 is 0 Å². The second-order valence-electron chi connectivity index (χ2n) is 6.35. The number of piperidine rings is 2. The van der Waals surface area contributed by atoms with E-state index in [9.17, 15) is 4.79 Å². The van der Waals surface area contributed by atoms with Crippen LogP contribution < -0.4 is 5.32 Å². The standard InChI is InChI=1S/C15H29N3OS/c1-12(7-10-20-3)16-15(19)18-8-4-5-13-11-17(2)9-6-14(13)18/h12-14H,4-11H2,1-3H3,(H,16,19)/t12-,13-,14-/m0/s1. The van der Waals surface area contributed by atoms with Crippen LogP contribution in [0.25, 0.3) is 0 Å². The molecule has 0 aromatic rings. The van der Waals surface area contributed by atoms with Crippen molar-refractivity contribution in [1.29, 1.82) is 0 Å². The number of likely N-dealkylation sites (tertiary alicyclic amines) is 2. The Balaban J connectivity index is 1.88. The van der Waals surface area contributed by atoms with Crippen LogP contribution in [0, 0.1) is 5.92 Å². The van der Waals surface area contributed by atoms with E-state index in [1.165, 1.54) is 6.42 Å². The summed E-state index contributed by atoms with van der Waals surface area (Å²) < 4.78 is 0. The number of hydrogen-bond acceptors (Lipinski definition) is 3. The van der Waals surface area contributed by atoms with E-state index in [-0.39, 0.29) is 12.1 Å². The molecule has 2 rings (SSSR count). The zero-order valence-electron chi connectivity index (χ0n) is 13.1. The molecule has 2 heterocycles. The second kappa shape index (κ2) is 7.55. The molecule has 0 aliphatic carbocycles. The number of carbonyl (C=O) groups excluding carboxylic acids is 1. The maximum Gasteiger partial charge on any atom is 0.317 e. The van der Waals surface area contributed by atoms with Crippen LogP contribution in [0.4, 0.5) is 4.79 Å². The molecule has 1 N–H and O–H groups in total. The molecule has 0 radical (unpaired) electrons. The zero-order chi connectivity index (χ0) is 14.5. The summed E-state index contributed by atoms with van der Waals surface area (Å²) >= 11 is 1.84. The summed E-state index contributed by atoms with van der Waals surface area (Å²) in [6.45, 7) is 5.32. The van der Waals surface area contributed by atoms with Crippen LogP contribution in [-0.4, -0.2) is 66.6 Å². The molecule has 3 atom stereocenters. The Hall–Kier alpha value is -0.420. The monoisotopic (exact) mass is 299 g/mol. The number of urea groups is 1. The largest absolute Gasteiger partial charge is 0.335 e. The van der Waals surface area contributed by atoms with Gasteiger partial charge in [0, 0.05) is 25.2 Å². The minimum absolute atomic E-state index is 0.165. The highest BCUT2D eigenvalue weighted by molar-refractivity contribution is 7.98. The number of carbonyl (C=O) groups is 1. The van der Waals surface area contributed by atoms with E-state index < -0.39 is 0 Å². The van der Waals surface area contributed by atoms with Crippen molar-refractivity contribution in [3.05, 3.63) is 0 Å². The summed E-state index contributed by atoms with van der Waals surface area (Å²) in [4.78, 5) is 17.0. The molecule has 2 saturated heterocycles. The first kappa shape index (κ1) is 16.0. The fraction of sp³-hybridized carbons (Fsp3) is 0.933. The number of amides is 2. The van der Waals surface area contributed by atoms with Gasteiger partial charge >= 0.3 is 6.03 Å². The Morgan fingerprint density at radius 3 is 2.95 bits per heavy atom. The Bertz CT molecular complexity index is 326. The third-order valence-electron chi connectivity index (χ3n) is 4.66. The first-order valence-corrected chi connectivity index (χ1v) is 9.25. The van der Waals surface area contributed by atoms with E-state index in [4.69, 9.17) is 0 Å². The predicted molar refractivity (Wildman–Crippen MR) is 86.3 cm³/mol. The molecule has 4 nitrogen and oxygen atoms in total. The summed E-state index contributed by atoms with van der Waals surface area (Å²) in [6, 6.07) is 0.909. The highest BCUT2D eigenvalue weighted by Gasteiger charge is 2.37. The molecule has 2 aliphatic heterocycles. The smallest absolute Gasteiger partial charge is 0.317 e. The number of thioether (sulfide) groups is 1. The lowest BCUT2D eigenvalue weighted by Crippen LogP contribution is -2.58. The van der Waals surface area contributed by atoms with Gasteiger partial charge in [0.2, 0.25) is 0 Å². The Labute approximate surface area is 127 Å². The summed E-state index contributed by atoms with van der Waals surface area (Å²) in [5, 5.41) is 3.19. The van der Waals surface area contributed by atoms with Crippen molar-refractivity contribution in [2.75, 3.05) is 38.7 Å². The first-order valence-electron chi connectivity index (χ1n) is 7.86. The van der Waals surface area contributed by atoms with E-state index in [0.717, 1.165) is 44.6 Å². The zero-order valence-corrected chi connectivity index (χ0v) is 13.9. The highest BCUT2D eigenvalue weighted by atomic mass is 32.2. The van der Waals surface area contributed by atoms with Gasteiger partial charge in [-0.3, -0.25) is 0 Å². The molecule has 2 aliphatic rings. The van der Waals surface area contributed by atoms with Crippen molar-refractivity contribution in [1.82, 2.24) is 15.1 Å². The second-order valence-corrected chi connectivity index (χ2v) is 7.33. The van der Waals surface area contributed by atoms with Crippen molar-refractivity contribution in [2.24, 2.45) is 5.92 Å². The third kappa shape index (κ3) is 4.04. The number of hydrogen-bond donors (Lipinski definition) is 1. The molecule has 20 heavy (non-hydrogen) atoms. The summed E-state index contributed by atoms with van der Waals surface area (Å²) in [7, 11) is 2.19. The van der Waals surface area contributed by atoms with Gasteiger partial charge in [-0.05, 0) is 64.1 Å². The summed E-state index contributed by atoms with van der Waals surface area (Å²) in [5.74, 6) is 1.79. The van der Waals surface area contributed by atoms with Gasteiger partial charge < -0.3 is 15.1 Å². The molecule has 0 saturated carbocycles. The third-order valence-corrected chi connectivity index (χ3v) is 5.30. The van der Waals surface area contributed by atoms with E-state index in [0.29, 0.717) is 12.0 Å². The maximum atomic E-state index is 12.5.